The summed E-state index contributed by atoms with van der Waals surface area (Å²) in [4.78, 5) is 21.1. The van der Waals surface area contributed by atoms with Crippen molar-refractivity contribution in [2.75, 3.05) is 7.11 Å². The molecule has 1 aromatic carbocycles. The quantitative estimate of drug-likeness (QED) is 0.346. The van der Waals surface area contributed by atoms with Crippen LogP contribution < -0.4 is 31.3 Å². The highest BCUT2D eigenvalue weighted by Crippen LogP contribution is 2.36. The molecular weight excluding hydrogens is 202 g/mol. The van der Waals surface area contributed by atoms with Gasteiger partial charge in [0, 0.05) is 17.8 Å². The maximum Gasteiger partial charge on any atom is 0.269 e. The minimum absolute atomic E-state index is 0.269. The monoisotopic (exact) mass is 211 g/mol. The van der Waals surface area contributed by atoms with Gasteiger partial charge in [0.05, 0.1) is 12.7 Å². The number of rotatable bonds is 2. The van der Waals surface area contributed by atoms with Crippen molar-refractivity contribution in [3.63, 3.8) is 0 Å². The van der Waals surface area contributed by atoms with Crippen molar-refractivity contribution >= 4 is 5.91 Å². The van der Waals surface area contributed by atoms with Gasteiger partial charge in [-0.1, -0.05) is 0 Å². The molecule has 1 heterocycles. The smallest absolute Gasteiger partial charge is 0.269 e. The molecule has 1 aliphatic rings. The van der Waals surface area contributed by atoms with Crippen LogP contribution in [0.1, 0.15) is 10.4 Å². The highest BCUT2D eigenvalue weighted by atomic mass is 16.9. The lowest BCUT2D eigenvalue weighted by Gasteiger charge is -2.07. The number of ether oxygens (including phenoxy) is 1. The lowest BCUT2D eigenvalue weighted by Crippen LogP contribution is -2.30. The number of carbonyl (C=O) groups is 1. The third kappa shape index (κ3) is 1.53. The minimum atomic E-state index is -0.467. The molecule has 0 saturated heterocycles. The highest BCUT2D eigenvalue weighted by Gasteiger charge is 2.21. The summed E-state index contributed by atoms with van der Waals surface area (Å²) in [5.74, 6) is 5.76. The van der Waals surface area contributed by atoms with Crippen molar-refractivity contribution in [2.45, 2.75) is 0 Å². The van der Waals surface area contributed by atoms with Crippen molar-refractivity contribution in [3.05, 3.63) is 17.7 Å². The van der Waals surface area contributed by atoms with Crippen LogP contribution in [0, 0.1) is 0 Å². The van der Waals surface area contributed by atoms with Gasteiger partial charge in [-0.2, -0.15) is 0 Å². The van der Waals surface area contributed by atoms with Crippen LogP contribution in [0.25, 0.3) is 0 Å². The van der Waals surface area contributed by atoms with E-state index in [1.54, 1.807) is 0 Å². The van der Waals surface area contributed by atoms with E-state index in [-0.39, 0.29) is 5.56 Å². The summed E-state index contributed by atoms with van der Waals surface area (Å²) in [6.45, 7) is 0. The van der Waals surface area contributed by atoms with Crippen LogP contribution in [0.5, 0.6) is 17.2 Å². The summed E-state index contributed by atoms with van der Waals surface area (Å²) in [5.41, 5.74) is 4.49. The van der Waals surface area contributed by atoms with E-state index in [0.717, 1.165) is 0 Å². The molecule has 0 fully saturated rings. The van der Waals surface area contributed by atoms with Gasteiger partial charge in [-0.25, -0.2) is 5.84 Å². The largest absolute Gasteiger partial charge is 0.496 e. The lowest BCUT2D eigenvalue weighted by molar-refractivity contribution is 0.0259. The Hall–Kier alpha value is -1.99. The predicted octanol–water partition coefficient (Wildman–Crippen LogP) is -0.511. The summed E-state index contributed by atoms with van der Waals surface area (Å²) < 4.78 is 5.01. The normalized spacial score (nSPS) is 12.4. The van der Waals surface area contributed by atoms with E-state index < -0.39 is 5.91 Å². The van der Waals surface area contributed by atoms with Gasteiger partial charge in [0.15, 0.2) is 11.5 Å². The Kier molecular flexibility index (Phi) is 2.32. The maximum atomic E-state index is 11.4. The summed E-state index contributed by atoms with van der Waals surface area (Å²) in [5, 5.41) is 0. The third-order valence-corrected chi connectivity index (χ3v) is 1.94. The van der Waals surface area contributed by atoms with Crippen LogP contribution in [0.4, 0.5) is 0 Å². The zero-order valence-electron chi connectivity index (χ0n) is 7.87. The van der Waals surface area contributed by atoms with Crippen LogP contribution in [0.15, 0.2) is 12.1 Å². The van der Waals surface area contributed by atoms with E-state index in [1.165, 1.54) is 19.2 Å². The molecule has 0 aromatic heterocycles. The van der Waals surface area contributed by atoms with E-state index in [9.17, 15) is 4.79 Å². The fraction of sp³-hybridized carbons (Fsp3) is 0.125. The second-order valence-electron chi connectivity index (χ2n) is 2.76. The molecule has 0 saturated carbocycles. The van der Waals surface area contributed by atoms with E-state index in [4.69, 9.17) is 20.3 Å². The van der Waals surface area contributed by atoms with Crippen LogP contribution in [-0.2, 0) is 0 Å². The van der Waals surface area contributed by atoms with E-state index >= 15 is 0 Å². The number of benzene rings is 1. The number of nitrogens with one attached hydrogen (secondary N) is 2. The maximum absolute atomic E-state index is 11.4. The number of fused-ring (bicyclic) bond motifs is 1. The Morgan fingerprint density at radius 2 is 2.13 bits per heavy atom. The molecule has 2 rings (SSSR count). The van der Waals surface area contributed by atoms with Crippen molar-refractivity contribution in [1.82, 2.24) is 11.1 Å². The fourth-order valence-electron chi connectivity index (χ4n) is 1.24. The molecule has 7 heteroatoms. The number of methoxy groups -OCH3 is 1. The van der Waals surface area contributed by atoms with Crippen LogP contribution in [0.3, 0.4) is 0 Å². The Labute approximate surface area is 85.0 Å². The number of nitrogen functional groups attached to an aromatic ring is 1. The standard InChI is InChI=1S/C8H9N3O4/c1-13-5-3-7-6(14-11-15-7)2-4(5)8(12)10-9/h2-3,11H,9H2,1H3,(H,10,12). The topological polar surface area (TPSA) is 94.8 Å². The molecule has 1 aliphatic heterocycles. The predicted molar refractivity (Wildman–Crippen MR) is 49.0 cm³/mol. The second-order valence-corrected chi connectivity index (χ2v) is 2.76. The first kappa shape index (κ1) is 9.56. The number of carbonyl (C=O) groups excluding carboxylic acids is 1. The zero-order valence-corrected chi connectivity index (χ0v) is 7.87. The van der Waals surface area contributed by atoms with E-state index in [1.807, 2.05) is 5.43 Å². The average molecular weight is 211 g/mol. The Morgan fingerprint density at radius 1 is 1.47 bits per heavy atom. The van der Waals surface area contributed by atoms with E-state index in [2.05, 4.69) is 5.64 Å². The van der Waals surface area contributed by atoms with Crippen LogP contribution in [0.2, 0.25) is 0 Å². The second kappa shape index (κ2) is 3.64. The zero-order chi connectivity index (χ0) is 10.8. The SMILES string of the molecule is COc1cc2c(cc1C(=O)NN)ONO2. The number of hydrogen-bond acceptors (Lipinski definition) is 6. The third-order valence-electron chi connectivity index (χ3n) is 1.94. The first-order chi connectivity index (χ1) is 7.26. The van der Waals surface area contributed by atoms with Crippen LogP contribution in [-0.4, -0.2) is 13.0 Å². The van der Waals surface area contributed by atoms with Crippen molar-refractivity contribution in [2.24, 2.45) is 5.84 Å². The summed E-state index contributed by atoms with van der Waals surface area (Å²) in [7, 11) is 1.44. The summed E-state index contributed by atoms with van der Waals surface area (Å²) in [6, 6.07) is 3.00. The molecule has 1 aromatic rings. The number of hydrogen-bond donors (Lipinski definition) is 3. The molecule has 0 radical (unpaired) electrons. The molecule has 7 nitrogen and oxygen atoms in total. The lowest BCUT2D eigenvalue weighted by atomic mass is 10.1. The fourth-order valence-corrected chi connectivity index (χ4v) is 1.24. The van der Waals surface area contributed by atoms with Crippen molar-refractivity contribution in [3.8, 4) is 17.2 Å². The molecular formula is C8H9N3O4. The van der Waals surface area contributed by atoms with Gasteiger partial charge in [-0.3, -0.25) is 10.2 Å². The van der Waals surface area contributed by atoms with Gasteiger partial charge in [0.25, 0.3) is 5.91 Å². The summed E-state index contributed by atoms with van der Waals surface area (Å²) in [6.07, 6.45) is 0. The van der Waals surface area contributed by atoms with Gasteiger partial charge < -0.3 is 14.4 Å². The van der Waals surface area contributed by atoms with Crippen LogP contribution >= 0.6 is 0 Å². The highest BCUT2D eigenvalue weighted by molar-refractivity contribution is 5.97. The number of amides is 1. The Bertz CT molecular complexity index is 407. The van der Waals surface area contributed by atoms with E-state index in [0.29, 0.717) is 17.2 Å². The molecule has 80 valence electrons. The summed E-state index contributed by atoms with van der Waals surface area (Å²) >= 11 is 0. The van der Waals surface area contributed by atoms with Gasteiger partial charge >= 0.3 is 0 Å². The number of hydrazine groups is 1. The molecule has 0 spiro atoms. The molecule has 1 amide bonds. The van der Waals surface area contributed by atoms with Gasteiger partial charge in [-0.05, 0) is 0 Å². The molecule has 0 bridgehead atoms. The Balaban J connectivity index is 2.48. The molecule has 0 aliphatic carbocycles. The molecule has 15 heavy (non-hydrogen) atoms. The van der Waals surface area contributed by atoms with Crippen molar-refractivity contribution in [1.29, 1.82) is 0 Å². The first-order valence-corrected chi connectivity index (χ1v) is 4.08. The number of nitrogens with two attached hydrogens (primary N) is 1. The molecule has 4 N–H and O–H groups in total. The molecule has 0 atom stereocenters. The van der Waals surface area contributed by atoms with Gasteiger partial charge in [0.2, 0.25) is 0 Å². The van der Waals surface area contributed by atoms with Gasteiger partial charge in [-0.15, -0.1) is 0 Å². The van der Waals surface area contributed by atoms with Crippen molar-refractivity contribution < 1.29 is 19.2 Å². The molecule has 0 unspecified atom stereocenters. The average Bonchev–Trinajstić information content (AvgIpc) is 2.73. The minimum Gasteiger partial charge on any atom is -0.496 e. The Morgan fingerprint density at radius 3 is 2.73 bits per heavy atom. The first-order valence-electron chi connectivity index (χ1n) is 4.08. The van der Waals surface area contributed by atoms with Gasteiger partial charge in [0.1, 0.15) is 5.75 Å².